The SMILES string of the molecule is COC(=O)CCC1CNc2cc(NC(=O)OC(C)(C)C(F)(F)F)cc(F)c2O1. The molecule has 28 heavy (non-hydrogen) atoms. The van der Waals surface area contributed by atoms with E-state index in [1.54, 1.807) is 0 Å². The van der Waals surface area contributed by atoms with Gasteiger partial charge >= 0.3 is 18.2 Å². The molecule has 1 aromatic carbocycles. The third-order valence-corrected chi connectivity index (χ3v) is 4.02. The first kappa shape index (κ1) is 21.6. The number of esters is 1. The number of carbonyl (C=O) groups excluding carboxylic acids is 2. The molecule has 2 rings (SSSR count). The van der Waals surface area contributed by atoms with Gasteiger partial charge in [-0.3, -0.25) is 10.1 Å². The van der Waals surface area contributed by atoms with E-state index in [0.29, 0.717) is 20.3 Å². The quantitative estimate of drug-likeness (QED) is 0.569. The van der Waals surface area contributed by atoms with Crippen molar-refractivity contribution >= 4 is 23.4 Å². The van der Waals surface area contributed by atoms with E-state index in [1.807, 2.05) is 0 Å². The fourth-order valence-corrected chi connectivity index (χ4v) is 2.32. The lowest BCUT2D eigenvalue weighted by Crippen LogP contribution is -2.44. The number of fused-ring (bicyclic) bond motifs is 1. The van der Waals surface area contributed by atoms with Crippen molar-refractivity contribution in [1.29, 1.82) is 0 Å². The number of nitrogens with one attached hydrogen (secondary N) is 2. The number of ether oxygens (including phenoxy) is 3. The third kappa shape index (κ3) is 5.17. The first-order valence-electron chi connectivity index (χ1n) is 8.30. The number of rotatable bonds is 5. The molecule has 0 aliphatic carbocycles. The van der Waals surface area contributed by atoms with Crippen molar-refractivity contribution in [3.05, 3.63) is 17.9 Å². The summed E-state index contributed by atoms with van der Waals surface area (Å²) in [6.45, 7) is 1.66. The standard InChI is InChI=1S/C17H20F4N2O5/c1-16(2,17(19,20)21)28-15(25)23-9-6-11(18)14-12(7-9)22-8-10(27-14)4-5-13(24)26-3/h6-7,10,22H,4-5,8H2,1-3H3,(H,23,25). The van der Waals surface area contributed by atoms with E-state index in [1.165, 1.54) is 13.2 Å². The molecule has 0 saturated heterocycles. The zero-order chi connectivity index (χ0) is 21.1. The van der Waals surface area contributed by atoms with E-state index in [0.717, 1.165) is 6.07 Å². The van der Waals surface area contributed by atoms with Gasteiger partial charge in [-0.15, -0.1) is 0 Å². The number of halogens is 4. The van der Waals surface area contributed by atoms with Crippen LogP contribution < -0.4 is 15.4 Å². The fourth-order valence-electron chi connectivity index (χ4n) is 2.32. The molecule has 0 radical (unpaired) electrons. The zero-order valence-corrected chi connectivity index (χ0v) is 15.4. The van der Waals surface area contributed by atoms with Crippen LogP contribution in [0.15, 0.2) is 12.1 Å². The molecule has 1 amide bonds. The average Bonchev–Trinajstić information content (AvgIpc) is 2.58. The van der Waals surface area contributed by atoms with Gasteiger partial charge in [0.25, 0.3) is 0 Å². The smallest absolute Gasteiger partial charge is 0.427 e. The van der Waals surface area contributed by atoms with E-state index < -0.39 is 35.8 Å². The molecule has 1 atom stereocenters. The molecule has 1 aliphatic rings. The van der Waals surface area contributed by atoms with Gasteiger partial charge in [0.2, 0.25) is 5.60 Å². The van der Waals surface area contributed by atoms with Crippen LogP contribution in [-0.4, -0.2) is 43.6 Å². The van der Waals surface area contributed by atoms with E-state index in [2.05, 4.69) is 20.1 Å². The predicted molar refractivity (Wildman–Crippen MR) is 90.8 cm³/mol. The summed E-state index contributed by atoms with van der Waals surface area (Å²) >= 11 is 0. The predicted octanol–water partition coefficient (Wildman–Crippen LogP) is 3.84. The Bertz CT molecular complexity index is 752. The van der Waals surface area contributed by atoms with Crippen LogP contribution in [0.3, 0.4) is 0 Å². The first-order chi connectivity index (χ1) is 12.9. The van der Waals surface area contributed by atoms with Gasteiger partial charge in [-0.05, 0) is 26.3 Å². The topological polar surface area (TPSA) is 85.9 Å². The van der Waals surface area contributed by atoms with Gasteiger partial charge in [-0.1, -0.05) is 0 Å². The molecule has 0 fully saturated rings. The summed E-state index contributed by atoms with van der Waals surface area (Å²) in [6, 6.07) is 2.20. The minimum Gasteiger partial charge on any atom is -0.483 e. The normalized spacial score (nSPS) is 16.3. The maximum atomic E-state index is 14.3. The van der Waals surface area contributed by atoms with Crippen molar-refractivity contribution in [2.75, 3.05) is 24.3 Å². The Kier molecular flexibility index (Phi) is 6.25. The minimum atomic E-state index is -4.76. The van der Waals surface area contributed by atoms with E-state index in [4.69, 9.17) is 4.74 Å². The lowest BCUT2D eigenvalue weighted by molar-refractivity contribution is -0.242. The summed E-state index contributed by atoms with van der Waals surface area (Å²) in [7, 11) is 1.26. The van der Waals surface area contributed by atoms with Crippen LogP contribution in [0.25, 0.3) is 0 Å². The van der Waals surface area contributed by atoms with Crippen molar-refractivity contribution in [3.8, 4) is 5.75 Å². The molecule has 1 aliphatic heterocycles. The van der Waals surface area contributed by atoms with Crippen LogP contribution >= 0.6 is 0 Å². The Labute approximate surface area is 158 Å². The van der Waals surface area contributed by atoms with Gasteiger partial charge in [0.15, 0.2) is 11.6 Å². The minimum absolute atomic E-state index is 0.0975. The van der Waals surface area contributed by atoms with Crippen LogP contribution in [0.1, 0.15) is 26.7 Å². The van der Waals surface area contributed by atoms with Gasteiger partial charge in [0, 0.05) is 18.2 Å². The number of anilines is 2. The van der Waals surface area contributed by atoms with Crippen LogP contribution in [0.2, 0.25) is 0 Å². The number of amides is 1. The molecule has 0 bridgehead atoms. The van der Waals surface area contributed by atoms with Crippen molar-refractivity contribution < 1.29 is 41.4 Å². The molecule has 1 unspecified atom stereocenters. The molecule has 1 aromatic rings. The Morgan fingerprint density at radius 1 is 1.32 bits per heavy atom. The second-order valence-corrected chi connectivity index (χ2v) is 6.59. The van der Waals surface area contributed by atoms with Crippen LogP contribution in [0, 0.1) is 5.82 Å². The molecular formula is C17H20F4N2O5. The van der Waals surface area contributed by atoms with Crippen molar-refractivity contribution in [2.45, 2.75) is 44.6 Å². The van der Waals surface area contributed by atoms with Gasteiger partial charge in [0.05, 0.1) is 19.3 Å². The van der Waals surface area contributed by atoms with Gasteiger partial charge < -0.3 is 19.5 Å². The second-order valence-electron chi connectivity index (χ2n) is 6.59. The highest BCUT2D eigenvalue weighted by molar-refractivity contribution is 5.86. The van der Waals surface area contributed by atoms with Crippen LogP contribution in [-0.2, 0) is 14.3 Å². The largest absolute Gasteiger partial charge is 0.483 e. The molecule has 0 aromatic heterocycles. The Hall–Kier alpha value is -2.72. The lowest BCUT2D eigenvalue weighted by atomic mass is 10.1. The molecule has 156 valence electrons. The fraction of sp³-hybridized carbons (Fsp3) is 0.529. The third-order valence-electron chi connectivity index (χ3n) is 4.02. The highest BCUT2D eigenvalue weighted by Crippen LogP contribution is 2.36. The molecule has 11 heteroatoms. The number of hydrogen-bond acceptors (Lipinski definition) is 6. The van der Waals surface area contributed by atoms with Gasteiger partial charge in [-0.2, -0.15) is 13.2 Å². The molecule has 1 heterocycles. The summed E-state index contributed by atoms with van der Waals surface area (Å²) in [5.74, 6) is -1.37. The second kappa shape index (κ2) is 8.11. The molecular weight excluding hydrogens is 388 g/mol. The maximum absolute atomic E-state index is 14.3. The van der Waals surface area contributed by atoms with Crippen LogP contribution in [0.4, 0.5) is 33.7 Å². The Morgan fingerprint density at radius 3 is 2.61 bits per heavy atom. The maximum Gasteiger partial charge on any atom is 0.427 e. The molecule has 2 N–H and O–H groups in total. The van der Waals surface area contributed by atoms with E-state index in [-0.39, 0.29) is 30.1 Å². The summed E-state index contributed by atoms with van der Waals surface area (Å²) in [4.78, 5) is 22.9. The van der Waals surface area contributed by atoms with E-state index >= 15 is 0 Å². The summed E-state index contributed by atoms with van der Waals surface area (Å²) in [5.41, 5.74) is -2.61. The highest BCUT2D eigenvalue weighted by Gasteiger charge is 2.51. The van der Waals surface area contributed by atoms with Gasteiger partial charge in [-0.25, -0.2) is 9.18 Å². The lowest BCUT2D eigenvalue weighted by Gasteiger charge is -2.29. The zero-order valence-electron chi connectivity index (χ0n) is 15.4. The van der Waals surface area contributed by atoms with E-state index in [9.17, 15) is 27.2 Å². The average molecular weight is 408 g/mol. The summed E-state index contributed by atoms with van der Waals surface area (Å²) < 4.78 is 67.1. The highest BCUT2D eigenvalue weighted by atomic mass is 19.4. The Morgan fingerprint density at radius 2 is 2.00 bits per heavy atom. The number of carbonyl (C=O) groups is 2. The van der Waals surface area contributed by atoms with Gasteiger partial charge in [0.1, 0.15) is 6.10 Å². The molecule has 0 saturated carbocycles. The number of alkyl halides is 3. The van der Waals surface area contributed by atoms with Crippen molar-refractivity contribution in [1.82, 2.24) is 0 Å². The van der Waals surface area contributed by atoms with Crippen molar-refractivity contribution in [3.63, 3.8) is 0 Å². The number of benzene rings is 1. The molecule has 7 nitrogen and oxygen atoms in total. The number of hydrogen-bond donors (Lipinski definition) is 2. The first-order valence-corrected chi connectivity index (χ1v) is 8.30. The van der Waals surface area contributed by atoms with Crippen LogP contribution in [0.5, 0.6) is 5.75 Å². The number of methoxy groups -OCH3 is 1. The van der Waals surface area contributed by atoms with Crippen molar-refractivity contribution in [2.24, 2.45) is 0 Å². The molecule has 0 spiro atoms. The monoisotopic (exact) mass is 408 g/mol. The summed E-state index contributed by atoms with van der Waals surface area (Å²) in [5, 5.41) is 4.95. The summed E-state index contributed by atoms with van der Waals surface area (Å²) in [6.07, 6.45) is -6.22. The Balaban J connectivity index is 2.04.